The SMILES string of the molecule is NCCOc1ccc(-n2cncc2C2CC2)cc1. The Balaban J connectivity index is 1.81. The smallest absolute Gasteiger partial charge is 0.119 e. The molecule has 0 bridgehead atoms. The van der Waals surface area contributed by atoms with E-state index in [9.17, 15) is 0 Å². The molecule has 1 fully saturated rings. The first-order valence-electron chi connectivity index (χ1n) is 6.34. The normalized spacial score (nSPS) is 14.7. The van der Waals surface area contributed by atoms with E-state index in [1.54, 1.807) is 0 Å². The van der Waals surface area contributed by atoms with Gasteiger partial charge in [-0.15, -0.1) is 0 Å². The van der Waals surface area contributed by atoms with E-state index >= 15 is 0 Å². The molecule has 2 N–H and O–H groups in total. The first-order valence-corrected chi connectivity index (χ1v) is 6.34. The van der Waals surface area contributed by atoms with Gasteiger partial charge < -0.3 is 15.0 Å². The Morgan fingerprint density at radius 2 is 2.06 bits per heavy atom. The first-order chi connectivity index (χ1) is 8.88. The second-order valence-electron chi connectivity index (χ2n) is 4.59. The van der Waals surface area contributed by atoms with Gasteiger partial charge in [-0.1, -0.05) is 0 Å². The highest BCUT2D eigenvalue weighted by atomic mass is 16.5. The van der Waals surface area contributed by atoms with Crippen molar-refractivity contribution in [2.24, 2.45) is 5.73 Å². The molecule has 0 aliphatic heterocycles. The second kappa shape index (κ2) is 4.82. The lowest BCUT2D eigenvalue weighted by Gasteiger charge is -2.09. The Morgan fingerprint density at radius 3 is 2.72 bits per heavy atom. The van der Waals surface area contributed by atoms with Gasteiger partial charge >= 0.3 is 0 Å². The van der Waals surface area contributed by atoms with Gasteiger partial charge in [0.05, 0.1) is 6.33 Å². The van der Waals surface area contributed by atoms with Gasteiger partial charge in [-0.05, 0) is 37.1 Å². The van der Waals surface area contributed by atoms with Crippen LogP contribution in [0.4, 0.5) is 0 Å². The minimum Gasteiger partial charge on any atom is -0.492 e. The third-order valence-electron chi connectivity index (χ3n) is 3.16. The summed E-state index contributed by atoms with van der Waals surface area (Å²) in [7, 11) is 0. The fourth-order valence-corrected chi connectivity index (χ4v) is 2.08. The number of nitrogens with zero attached hydrogens (tertiary/aromatic N) is 2. The maximum atomic E-state index is 5.47. The van der Waals surface area contributed by atoms with Crippen LogP contribution in [0.3, 0.4) is 0 Å². The highest BCUT2D eigenvalue weighted by molar-refractivity contribution is 5.39. The van der Waals surface area contributed by atoms with Gasteiger partial charge in [0.15, 0.2) is 0 Å². The fourth-order valence-electron chi connectivity index (χ4n) is 2.08. The summed E-state index contributed by atoms with van der Waals surface area (Å²) in [5.74, 6) is 1.55. The van der Waals surface area contributed by atoms with Crippen LogP contribution in [0, 0.1) is 0 Å². The quantitative estimate of drug-likeness (QED) is 0.874. The van der Waals surface area contributed by atoms with Gasteiger partial charge in [0.2, 0.25) is 0 Å². The topological polar surface area (TPSA) is 53.1 Å². The molecule has 4 heteroatoms. The van der Waals surface area contributed by atoms with Crippen molar-refractivity contribution in [1.29, 1.82) is 0 Å². The molecular weight excluding hydrogens is 226 g/mol. The van der Waals surface area contributed by atoms with Crippen LogP contribution in [-0.4, -0.2) is 22.7 Å². The van der Waals surface area contributed by atoms with E-state index in [0.29, 0.717) is 19.1 Å². The average molecular weight is 243 g/mol. The number of hydrogen-bond acceptors (Lipinski definition) is 3. The minimum absolute atomic E-state index is 0.537. The predicted molar refractivity (Wildman–Crippen MR) is 70.1 cm³/mol. The monoisotopic (exact) mass is 243 g/mol. The summed E-state index contributed by atoms with van der Waals surface area (Å²) in [4.78, 5) is 4.25. The molecule has 2 aromatic rings. The highest BCUT2D eigenvalue weighted by Gasteiger charge is 2.27. The molecular formula is C14H17N3O. The largest absolute Gasteiger partial charge is 0.492 e. The van der Waals surface area contributed by atoms with Crippen LogP contribution in [-0.2, 0) is 0 Å². The van der Waals surface area contributed by atoms with Gasteiger partial charge in [0.1, 0.15) is 12.4 Å². The van der Waals surface area contributed by atoms with Crippen molar-refractivity contribution in [3.63, 3.8) is 0 Å². The molecule has 0 atom stereocenters. The van der Waals surface area contributed by atoms with Crippen molar-refractivity contribution >= 4 is 0 Å². The number of nitrogens with two attached hydrogens (primary N) is 1. The average Bonchev–Trinajstić information content (AvgIpc) is 3.15. The van der Waals surface area contributed by atoms with E-state index in [1.807, 2.05) is 24.7 Å². The van der Waals surface area contributed by atoms with Crippen LogP contribution in [0.1, 0.15) is 24.5 Å². The molecule has 18 heavy (non-hydrogen) atoms. The number of aromatic nitrogens is 2. The molecule has 0 saturated heterocycles. The lowest BCUT2D eigenvalue weighted by atomic mass is 10.2. The summed E-state index contributed by atoms with van der Waals surface area (Å²) in [5.41, 5.74) is 7.85. The van der Waals surface area contributed by atoms with Crippen molar-refractivity contribution in [2.45, 2.75) is 18.8 Å². The molecule has 1 aliphatic carbocycles. The molecule has 0 spiro atoms. The summed E-state index contributed by atoms with van der Waals surface area (Å²) >= 11 is 0. The van der Waals surface area contributed by atoms with Crippen molar-refractivity contribution < 1.29 is 4.74 Å². The molecule has 1 aromatic carbocycles. The maximum Gasteiger partial charge on any atom is 0.119 e. The molecule has 1 aromatic heterocycles. The Morgan fingerprint density at radius 1 is 1.28 bits per heavy atom. The van der Waals surface area contributed by atoms with Crippen LogP contribution in [0.25, 0.3) is 5.69 Å². The summed E-state index contributed by atoms with van der Waals surface area (Å²) in [6.45, 7) is 1.09. The summed E-state index contributed by atoms with van der Waals surface area (Å²) < 4.78 is 7.62. The summed E-state index contributed by atoms with van der Waals surface area (Å²) in [5, 5.41) is 0. The van der Waals surface area contributed by atoms with Crippen LogP contribution in [0.2, 0.25) is 0 Å². The van der Waals surface area contributed by atoms with Gasteiger partial charge in [-0.2, -0.15) is 0 Å². The van der Waals surface area contributed by atoms with Crippen molar-refractivity contribution in [2.75, 3.05) is 13.2 Å². The Hall–Kier alpha value is -1.81. The van der Waals surface area contributed by atoms with Crippen LogP contribution in [0.5, 0.6) is 5.75 Å². The van der Waals surface area contributed by atoms with Gasteiger partial charge in [0.25, 0.3) is 0 Å². The van der Waals surface area contributed by atoms with Crippen molar-refractivity contribution in [3.8, 4) is 11.4 Å². The summed E-state index contributed by atoms with van der Waals surface area (Å²) in [6, 6.07) is 8.06. The number of imidazole rings is 1. The molecule has 1 aliphatic rings. The van der Waals surface area contributed by atoms with E-state index in [1.165, 1.54) is 18.5 Å². The fraction of sp³-hybridized carbons (Fsp3) is 0.357. The van der Waals surface area contributed by atoms with E-state index in [-0.39, 0.29) is 0 Å². The molecule has 1 saturated carbocycles. The zero-order valence-electron chi connectivity index (χ0n) is 10.2. The van der Waals surface area contributed by atoms with Gasteiger partial charge in [0, 0.05) is 30.0 Å². The van der Waals surface area contributed by atoms with E-state index in [0.717, 1.165) is 11.4 Å². The zero-order chi connectivity index (χ0) is 12.4. The van der Waals surface area contributed by atoms with Crippen molar-refractivity contribution in [3.05, 3.63) is 42.5 Å². The van der Waals surface area contributed by atoms with Gasteiger partial charge in [-0.25, -0.2) is 4.98 Å². The summed E-state index contributed by atoms with van der Waals surface area (Å²) in [6.07, 6.45) is 6.41. The molecule has 0 amide bonds. The zero-order valence-corrected chi connectivity index (χ0v) is 10.2. The first kappa shape index (κ1) is 11.3. The number of benzene rings is 1. The van der Waals surface area contributed by atoms with Crippen LogP contribution >= 0.6 is 0 Å². The molecule has 4 nitrogen and oxygen atoms in total. The molecule has 3 rings (SSSR count). The number of hydrogen-bond donors (Lipinski definition) is 1. The van der Waals surface area contributed by atoms with Gasteiger partial charge in [-0.3, -0.25) is 0 Å². The highest BCUT2D eigenvalue weighted by Crippen LogP contribution is 2.40. The molecule has 1 heterocycles. The molecule has 94 valence electrons. The lowest BCUT2D eigenvalue weighted by molar-refractivity contribution is 0.328. The van der Waals surface area contributed by atoms with Crippen LogP contribution < -0.4 is 10.5 Å². The molecule has 0 unspecified atom stereocenters. The predicted octanol–water partition coefficient (Wildman–Crippen LogP) is 2.09. The number of rotatable bonds is 5. The third-order valence-corrected chi connectivity index (χ3v) is 3.16. The lowest BCUT2D eigenvalue weighted by Crippen LogP contribution is -2.10. The maximum absolute atomic E-state index is 5.47. The molecule has 0 radical (unpaired) electrons. The Bertz CT molecular complexity index is 514. The third kappa shape index (κ3) is 2.24. The number of ether oxygens (including phenoxy) is 1. The Kier molecular flexibility index (Phi) is 3.02. The minimum atomic E-state index is 0.537. The standard InChI is InChI=1S/C14H17N3O/c15-7-8-18-13-5-3-12(4-6-13)17-10-16-9-14(17)11-1-2-11/h3-6,9-11H,1-2,7-8,15H2. The second-order valence-corrected chi connectivity index (χ2v) is 4.59. The van der Waals surface area contributed by atoms with E-state index < -0.39 is 0 Å². The van der Waals surface area contributed by atoms with Crippen LogP contribution in [0.15, 0.2) is 36.8 Å². The van der Waals surface area contributed by atoms with Crippen molar-refractivity contribution in [1.82, 2.24) is 9.55 Å². The van der Waals surface area contributed by atoms with E-state index in [4.69, 9.17) is 10.5 Å². The Labute approximate surface area is 106 Å². The van der Waals surface area contributed by atoms with E-state index in [2.05, 4.69) is 21.7 Å².